The monoisotopic (exact) mass is 584 g/mol. The molecule has 0 spiro atoms. The van der Waals surface area contributed by atoms with Gasteiger partial charge in [-0.25, -0.2) is 9.97 Å². The number of hydrogen-bond acceptors (Lipinski definition) is 11. The van der Waals surface area contributed by atoms with Crippen LogP contribution in [0.2, 0.25) is 5.15 Å². The average Bonchev–Trinajstić information content (AvgIpc) is 3.43. The van der Waals surface area contributed by atoms with Gasteiger partial charge in [0.05, 0.1) is 11.3 Å². The fourth-order valence-electron chi connectivity index (χ4n) is 5.99. The summed E-state index contributed by atoms with van der Waals surface area (Å²) < 4.78 is 7.23. The molecule has 0 unspecified atom stereocenters. The first-order chi connectivity index (χ1) is 19.7. The maximum absolute atomic E-state index is 13.3. The fraction of sp³-hybridized carbons (Fsp3) is 0.556. The molecule has 3 aromatic rings. The average molecular weight is 585 g/mol. The van der Waals surface area contributed by atoms with Crippen molar-refractivity contribution in [1.29, 1.82) is 0 Å². The summed E-state index contributed by atoms with van der Waals surface area (Å²) in [4.78, 5) is 41.7. The zero-order chi connectivity index (χ0) is 29.3. The summed E-state index contributed by atoms with van der Waals surface area (Å²) in [5.41, 5.74) is 6.95. The van der Waals surface area contributed by atoms with Gasteiger partial charge in [0.15, 0.2) is 5.69 Å². The van der Waals surface area contributed by atoms with E-state index in [0.717, 1.165) is 50.4 Å². The summed E-state index contributed by atoms with van der Waals surface area (Å²) in [6.45, 7) is 10.4. The number of amides is 1. The molecule has 2 saturated heterocycles. The van der Waals surface area contributed by atoms with E-state index in [1.54, 1.807) is 23.7 Å². The number of nitrogens with one attached hydrogen (secondary N) is 1. The lowest BCUT2D eigenvalue weighted by molar-refractivity contribution is 0.0490. The Morgan fingerprint density at radius 2 is 1.90 bits per heavy atom. The summed E-state index contributed by atoms with van der Waals surface area (Å²) in [6.07, 6.45) is 2.74. The molecule has 0 aromatic carbocycles. The minimum absolute atomic E-state index is 0.104. The van der Waals surface area contributed by atoms with Gasteiger partial charge in [0.1, 0.15) is 16.8 Å². The number of nitrogens with two attached hydrogens (primary N) is 1. The molecule has 41 heavy (non-hydrogen) atoms. The topological polar surface area (TPSA) is 152 Å². The van der Waals surface area contributed by atoms with Gasteiger partial charge in [0.2, 0.25) is 0 Å². The molecule has 0 bridgehead atoms. The van der Waals surface area contributed by atoms with Crippen LogP contribution in [0.15, 0.2) is 21.3 Å². The fourth-order valence-corrected chi connectivity index (χ4v) is 6.15. The van der Waals surface area contributed by atoms with E-state index in [1.165, 1.54) is 0 Å². The molecule has 0 saturated carbocycles. The minimum atomic E-state index is -0.277. The second-order valence-electron chi connectivity index (χ2n) is 10.5. The van der Waals surface area contributed by atoms with Crippen LogP contribution in [0.3, 0.4) is 0 Å². The predicted molar refractivity (Wildman–Crippen MR) is 157 cm³/mol. The van der Waals surface area contributed by atoms with Crippen LogP contribution in [0.5, 0.6) is 0 Å². The summed E-state index contributed by atoms with van der Waals surface area (Å²) in [5, 5.41) is 11.2. The van der Waals surface area contributed by atoms with Gasteiger partial charge in [0, 0.05) is 58.4 Å². The lowest BCUT2D eigenvalue weighted by Gasteiger charge is -2.48. The number of halogens is 1. The van der Waals surface area contributed by atoms with Gasteiger partial charge in [-0.3, -0.25) is 19.1 Å². The number of piperidine rings is 1. The summed E-state index contributed by atoms with van der Waals surface area (Å²) in [7, 11) is 1.76. The van der Waals surface area contributed by atoms with E-state index in [1.807, 2.05) is 18.7 Å². The summed E-state index contributed by atoms with van der Waals surface area (Å²) >= 11 is 5.90. The van der Waals surface area contributed by atoms with E-state index in [9.17, 15) is 9.59 Å². The third-order valence-electron chi connectivity index (χ3n) is 8.02. The molecule has 1 atom stereocenters. The van der Waals surface area contributed by atoms with Gasteiger partial charge in [0.25, 0.3) is 17.4 Å². The van der Waals surface area contributed by atoms with Crippen LogP contribution in [0, 0.1) is 6.92 Å². The molecule has 5 rings (SSSR count). The molecular weight excluding hydrogens is 548 g/mol. The maximum Gasteiger partial charge on any atom is 0.315 e. The van der Waals surface area contributed by atoms with Gasteiger partial charge in [-0.2, -0.15) is 0 Å². The summed E-state index contributed by atoms with van der Waals surface area (Å²) in [5.74, 6) is 0.965. The Bertz CT molecular complexity index is 1470. The molecule has 2 aliphatic rings. The quantitative estimate of drug-likeness (QED) is 0.394. The van der Waals surface area contributed by atoms with Gasteiger partial charge < -0.3 is 25.3 Å². The van der Waals surface area contributed by atoms with Gasteiger partial charge in [-0.1, -0.05) is 23.6 Å². The van der Waals surface area contributed by atoms with Crippen LogP contribution in [0.4, 0.5) is 17.7 Å². The molecular formula is C27H37ClN10O3. The number of likely N-dealkylation sites (tertiary alicyclic amines) is 1. The molecule has 13 nitrogen and oxygen atoms in total. The first-order valence-corrected chi connectivity index (χ1v) is 14.5. The van der Waals surface area contributed by atoms with Gasteiger partial charge in [-0.15, -0.1) is 5.10 Å². The van der Waals surface area contributed by atoms with Crippen molar-refractivity contribution in [3.63, 3.8) is 0 Å². The molecule has 2 fully saturated rings. The number of pyridine rings is 1. The Morgan fingerprint density at radius 1 is 1.15 bits per heavy atom. The van der Waals surface area contributed by atoms with Crippen molar-refractivity contribution >= 4 is 35.2 Å². The van der Waals surface area contributed by atoms with Gasteiger partial charge >= 0.3 is 6.01 Å². The van der Waals surface area contributed by atoms with Crippen molar-refractivity contribution in [2.75, 3.05) is 55.2 Å². The van der Waals surface area contributed by atoms with E-state index in [-0.39, 0.29) is 40.0 Å². The molecule has 14 heteroatoms. The Morgan fingerprint density at radius 3 is 2.59 bits per heavy atom. The van der Waals surface area contributed by atoms with Crippen molar-refractivity contribution < 1.29 is 9.21 Å². The number of aryl methyl sites for hydroxylation is 1. The number of aromatic nitrogens is 5. The largest absolute Gasteiger partial charge is 0.401 e. The molecule has 1 amide bonds. The molecule has 0 aliphatic carbocycles. The smallest absolute Gasteiger partial charge is 0.315 e. The summed E-state index contributed by atoms with van der Waals surface area (Å²) in [6, 6.07) is 4.18. The standard InChI is InChI=1S/C27H37ClN10O3/c1-5-17-15-37(24-16(3)31-21(26(40)35(24)4)23-33-34-27(41-23)30-6-2)13-14-38(17)18-9-11-36(12-10-18)25(39)19-7-8-20(28)32-22(19)29/h7-8,17-18H,5-6,9-15H2,1-4H3,(H2,29,32)(H,30,34)/t17-/m0/s1. The van der Waals surface area contributed by atoms with E-state index in [4.69, 9.17) is 21.8 Å². The number of anilines is 3. The number of nitrogen functional groups attached to an aromatic ring is 1. The number of piperazine rings is 1. The predicted octanol–water partition coefficient (Wildman–Crippen LogP) is 2.41. The van der Waals surface area contributed by atoms with Crippen LogP contribution >= 0.6 is 11.6 Å². The van der Waals surface area contributed by atoms with E-state index in [2.05, 4.69) is 42.2 Å². The molecule has 220 valence electrons. The van der Waals surface area contributed by atoms with Crippen LogP contribution in [0.1, 0.15) is 49.2 Å². The zero-order valence-electron chi connectivity index (χ0n) is 23.9. The minimum Gasteiger partial charge on any atom is -0.401 e. The highest BCUT2D eigenvalue weighted by atomic mass is 35.5. The highest BCUT2D eigenvalue weighted by Gasteiger charge is 2.35. The van der Waals surface area contributed by atoms with E-state index >= 15 is 0 Å². The number of carbonyl (C=O) groups is 1. The maximum atomic E-state index is 13.3. The molecule has 5 heterocycles. The van der Waals surface area contributed by atoms with Crippen LogP contribution < -0.4 is 21.5 Å². The van der Waals surface area contributed by atoms with Crippen LogP contribution in [0.25, 0.3) is 11.6 Å². The number of nitrogens with zero attached hydrogens (tertiary/aromatic N) is 8. The Hall–Kier alpha value is -3.71. The molecule has 0 radical (unpaired) electrons. The van der Waals surface area contributed by atoms with Crippen molar-refractivity contribution in [3.05, 3.63) is 38.9 Å². The third-order valence-corrected chi connectivity index (χ3v) is 8.24. The second kappa shape index (κ2) is 12.0. The Kier molecular flexibility index (Phi) is 8.45. The van der Waals surface area contributed by atoms with E-state index < -0.39 is 0 Å². The van der Waals surface area contributed by atoms with Crippen molar-refractivity contribution in [3.8, 4) is 11.6 Å². The van der Waals surface area contributed by atoms with Crippen LogP contribution in [-0.4, -0.2) is 91.8 Å². The van der Waals surface area contributed by atoms with Crippen molar-refractivity contribution in [2.45, 2.75) is 52.1 Å². The Balaban J connectivity index is 1.26. The van der Waals surface area contributed by atoms with Crippen molar-refractivity contribution in [1.82, 2.24) is 34.5 Å². The third kappa shape index (κ3) is 5.73. The normalized spacial score (nSPS) is 18.6. The first-order valence-electron chi connectivity index (χ1n) is 14.1. The first kappa shape index (κ1) is 28.8. The SMILES string of the molecule is CCNc1nnc(-c2nc(C)c(N3CCN(C4CCN(C(=O)c5ccc(Cl)nc5N)CC4)[C@@H](CC)C3)n(C)c2=O)o1. The van der Waals surface area contributed by atoms with Crippen molar-refractivity contribution in [2.24, 2.45) is 7.05 Å². The molecule has 3 aromatic heterocycles. The highest BCUT2D eigenvalue weighted by Crippen LogP contribution is 2.28. The molecule has 2 aliphatic heterocycles. The lowest BCUT2D eigenvalue weighted by Crippen LogP contribution is -2.59. The number of rotatable bonds is 7. The zero-order valence-corrected chi connectivity index (χ0v) is 24.7. The number of hydrogen-bond donors (Lipinski definition) is 2. The van der Waals surface area contributed by atoms with Crippen LogP contribution in [-0.2, 0) is 7.05 Å². The van der Waals surface area contributed by atoms with Gasteiger partial charge in [-0.05, 0) is 45.2 Å². The lowest BCUT2D eigenvalue weighted by atomic mass is 9.97. The number of carbonyl (C=O) groups excluding carboxylic acids is 1. The second-order valence-corrected chi connectivity index (χ2v) is 10.9. The molecule has 3 N–H and O–H groups in total. The Labute approximate surface area is 243 Å². The highest BCUT2D eigenvalue weighted by molar-refractivity contribution is 6.29. The van der Waals surface area contributed by atoms with E-state index in [0.29, 0.717) is 37.3 Å².